The monoisotopic (exact) mass is 406 g/mol. The summed E-state index contributed by atoms with van der Waals surface area (Å²) in [6, 6.07) is 6.04. The third-order valence-corrected chi connectivity index (χ3v) is 4.98. The number of benzene rings is 1. The minimum absolute atomic E-state index is 0.0227. The lowest BCUT2D eigenvalue weighted by atomic mass is 9.97. The molecule has 2 amide bonds. The van der Waals surface area contributed by atoms with Crippen LogP contribution in [0.25, 0.3) is 11.3 Å². The van der Waals surface area contributed by atoms with E-state index in [1.54, 1.807) is 17.0 Å². The Labute approximate surface area is 167 Å². The molecule has 1 saturated heterocycles. The second-order valence-electron chi connectivity index (χ2n) is 7.06. The third-order valence-electron chi connectivity index (χ3n) is 4.46. The van der Waals surface area contributed by atoms with E-state index >= 15 is 0 Å². The molecule has 9 heteroatoms. The summed E-state index contributed by atoms with van der Waals surface area (Å²) in [5.74, 6) is -0.615. The molecule has 1 fully saturated rings. The van der Waals surface area contributed by atoms with Gasteiger partial charge in [-0.05, 0) is 38.8 Å². The van der Waals surface area contributed by atoms with E-state index in [0.29, 0.717) is 24.3 Å². The molecule has 7 nitrogen and oxygen atoms in total. The Morgan fingerprint density at radius 1 is 1.39 bits per heavy atom. The number of hydrogen-bond acceptors (Lipinski definition) is 6. The summed E-state index contributed by atoms with van der Waals surface area (Å²) in [4.78, 5) is 26.4. The minimum Gasteiger partial charge on any atom is -0.465 e. The van der Waals surface area contributed by atoms with Gasteiger partial charge in [0.1, 0.15) is 11.5 Å². The fourth-order valence-electron chi connectivity index (χ4n) is 3.13. The first kappa shape index (κ1) is 20.2. The number of carbonyl (C=O) groups is 2. The quantitative estimate of drug-likeness (QED) is 0.797. The highest BCUT2D eigenvalue weighted by atomic mass is 32.1. The fraction of sp³-hybridized carbons (Fsp3) is 0.474. The van der Waals surface area contributed by atoms with E-state index < -0.39 is 0 Å². The standard InChI is InChI=1S/C19H23FN4O3S/c1-12(2)21-18(26)14-6-4-8-24(10-14)16(25)11-27-19-17(22-28-23-19)13-5-3-7-15(20)9-13/h3,5,7,9,12,14H,4,6,8,10-11H2,1-2H3,(H,21,26). The van der Waals surface area contributed by atoms with Crippen molar-refractivity contribution < 1.29 is 18.7 Å². The van der Waals surface area contributed by atoms with Crippen LogP contribution in [-0.4, -0.2) is 51.2 Å². The summed E-state index contributed by atoms with van der Waals surface area (Å²) < 4.78 is 27.2. The van der Waals surface area contributed by atoms with Gasteiger partial charge in [0.15, 0.2) is 6.61 Å². The van der Waals surface area contributed by atoms with Crippen LogP contribution in [0, 0.1) is 11.7 Å². The zero-order valence-corrected chi connectivity index (χ0v) is 16.7. The van der Waals surface area contributed by atoms with Crippen molar-refractivity contribution in [2.24, 2.45) is 5.92 Å². The molecule has 1 unspecified atom stereocenters. The molecule has 0 aliphatic carbocycles. The number of nitrogens with zero attached hydrogens (tertiary/aromatic N) is 3. The number of likely N-dealkylation sites (tertiary alicyclic amines) is 1. The van der Waals surface area contributed by atoms with E-state index in [2.05, 4.69) is 14.1 Å². The second-order valence-corrected chi connectivity index (χ2v) is 7.59. The van der Waals surface area contributed by atoms with Gasteiger partial charge in [0.2, 0.25) is 5.91 Å². The van der Waals surface area contributed by atoms with Gasteiger partial charge in [0.05, 0.1) is 17.6 Å². The lowest BCUT2D eigenvalue weighted by Gasteiger charge is -2.32. The van der Waals surface area contributed by atoms with Gasteiger partial charge < -0.3 is 15.0 Å². The number of ether oxygens (including phenoxy) is 1. The summed E-state index contributed by atoms with van der Waals surface area (Å²) in [5, 5.41) is 2.90. The molecule has 0 saturated carbocycles. The maximum atomic E-state index is 13.4. The zero-order chi connectivity index (χ0) is 20.1. The summed E-state index contributed by atoms with van der Waals surface area (Å²) in [6.07, 6.45) is 1.54. The van der Waals surface area contributed by atoms with Crippen molar-refractivity contribution in [2.45, 2.75) is 32.7 Å². The summed E-state index contributed by atoms with van der Waals surface area (Å²) in [5.41, 5.74) is 0.949. The van der Waals surface area contributed by atoms with Crippen LogP contribution in [0.4, 0.5) is 4.39 Å². The Kier molecular flexibility index (Phi) is 6.56. The minimum atomic E-state index is -0.383. The fourth-order valence-corrected chi connectivity index (χ4v) is 3.65. The number of carbonyl (C=O) groups excluding carboxylic acids is 2. The van der Waals surface area contributed by atoms with Crippen LogP contribution in [0.2, 0.25) is 0 Å². The Balaban J connectivity index is 1.59. The molecule has 2 heterocycles. The van der Waals surface area contributed by atoms with Gasteiger partial charge >= 0.3 is 0 Å². The predicted molar refractivity (Wildman–Crippen MR) is 103 cm³/mol. The van der Waals surface area contributed by atoms with Crippen LogP contribution >= 0.6 is 11.7 Å². The Bertz CT molecular complexity index is 842. The van der Waals surface area contributed by atoms with Crippen molar-refractivity contribution in [1.82, 2.24) is 19.0 Å². The third kappa shape index (κ3) is 5.03. The molecule has 150 valence electrons. The molecule has 3 rings (SSSR count). The molecule has 2 aromatic rings. The van der Waals surface area contributed by atoms with Gasteiger partial charge in [-0.1, -0.05) is 12.1 Å². The number of amides is 2. The molecule has 1 atom stereocenters. The predicted octanol–water partition coefficient (Wildman–Crippen LogP) is 2.49. The van der Waals surface area contributed by atoms with Crippen molar-refractivity contribution in [3.8, 4) is 17.1 Å². The molecule has 1 aromatic heterocycles. The number of halogens is 1. The van der Waals surface area contributed by atoms with E-state index in [4.69, 9.17) is 4.74 Å². The zero-order valence-electron chi connectivity index (χ0n) is 15.9. The van der Waals surface area contributed by atoms with Crippen LogP contribution in [-0.2, 0) is 9.59 Å². The van der Waals surface area contributed by atoms with Crippen LogP contribution < -0.4 is 10.1 Å². The average Bonchev–Trinajstić information content (AvgIpc) is 3.14. The van der Waals surface area contributed by atoms with Gasteiger partial charge in [-0.25, -0.2) is 4.39 Å². The van der Waals surface area contributed by atoms with Gasteiger partial charge in [0.25, 0.3) is 11.8 Å². The molecule has 0 bridgehead atoms. The van der Waals surface area contributed by atoms with Gasteiger partial charge in [-0.15, -0.1) is 4.37 Å². The summed E-state index contributed by atoms with van der Waals surface area (Å²) >= 11 is 0.939. The highest BCUT2D eigenvalue weighted by Crippen LogP contribution is 2.28. The van der Waals surface area contributed by atoms with E-state index in [0.717, 1.165) is 24.6 Å². The molecule has 28 heavy (non-hydrogen) atoms. The van der Waals surface area contributed by atoms with Crippen molar-refractivity contribution in [3.05, 3.63) is 30.1 Å². The summed E-state index contributed by atoms with van der Waals surface area (Å²) in [6.45, 7) is 4.60. The van der Waals surface area contributed by atoms with Crippen LogP contribution in [0.15, 0.2) is 24.3 Å². The Morgan fingerprint density at radius 2 is 2.21 bits per heavy atom. The maximum absolute atomic E-state index is 13.4. The lowest BCUT2D eigenvalue weighted by molar-refractivity contribution is -0.137. The number of hydrogen-bond donors (Lipinski definition) is 1. The number of piperidine rings is 1. The molecule has 1 N–H and O–H groups in total. The normalized spacial score (nSPS) is 16.9. The number of aromatic nitrogens is 2. The van der Waals surface area contributed by atoms with E-state index in [-0.39, 0.29) is 42.1 Å². The van der Waals surface area contributed by atoms with Crippen LogP contribution in [0.3, 0.4) is 0 Å². The molecule has 0 spiro atoms. The molecule has 1 aromatic carbocycles. The van der Waals surface area contributed by atoms with Gasteiger partial charge in [-0.2, -0.15) is 4.37 Å². The Morgan fingerprint density at radius 3 is 2.96 bits per heavy atom. The highest BCUT2D eigenvalue weighted by molar-refractivity contribution is 6.99. The van der Waals surface area contributed by atoms with Crippen molar-refractivity contribution >= 4 is 23.5 Å². The average molecular weight is 406 g/mol. The second kappa shape index (κ2) is 9.09. The molecule has 1 aliphatic rings. The lowest BCUT2D eigenvalue weighted by Crippen LogP contribution is -2.47. The first-order chi connectivity index (χ1) is 13.4. The molecule has 1 aliphatic heterocycles. The van der Waals surface area contributed by atoms with Crippen molar-refractivity contribution in [2.75, 3.05) is 19.7 Å². The molecular formula is C19H23FN4O3S. The summed E-state index contributed by atoms with van der Waals surface area (Å²) in [7, 11) is 0. The Hall–Kier alpha value is -2.55. The molecule has 0 radical (unpaired) electrons. The van der Waals surface area contributed by atoms with E-state index in [1.807, 2.05) is 13.8 Å². The first-order valence-corrected chi connectivity index (χ1v) is 9.96. The van der Waals surface area contributed by atoms with Gasteiger partial charge in [-0.3, -0.25) is 9.59 Å². The topological polar surface area (TPSA) is 84.4 Å². The van der Waals surface area contributed by atoms with Crippen molar-refractivity contribution in [1.29, 1.82) is 0 Å². The maximum Gasteiger partial charge on any atom is 0.260 e. The van der Waals surface area contributed by atoms with Crippen LogP contribution in [0.5, 0.6) is 5.88 Å². The van der Waals surface area contributed by atoms with E-state index in [9.17, 15) is 14.0 Å². The largest absolute Gasteiger partial charge is 0.465 e. The van der Waals surface area contributed by atoms with E-state index in [1.165, 1.54) is 12.1 Å². The van der Waals surface area contributed by atoms with Gasteiger partial charge in [0, 0.05) is 24.7 Å². The van der Waals surface area contributed by atoms with Crippen molar-refractivity contribution in [3.63, 3.8) is 0 Å². The SMILES string of the molecule is CC(C)NC(=O)C1CCCN(C(=O)COc2nsnc2-c2cccc(F)c2)C1. The first-order valence-electron chi connectivity index (χ1n) is 9.23. The number of rotatable bonds is 6. The smallest absolute Gasteiger partial charge is 0.260 e. The highest BCUT2D eigenvalue weighted by Gasteiger charge is 2.29. The number of nitrogens with one attached hydrogen (secondary N) is 1. The van der Waals surface area contributed by atoms with Crippen LogP contribution in [0.1, 0.15) is 26.7 Å². The molecular weight excluding hydrogens is 383 g/mol.